The number of benzene rings is 2. The van der Waals surface area contributed by atoms with Crippen LogP contribution in [0, 0.1) is 5.92 Å². The highest BCUT2D eigenvalue weighted by molar-refractivity contribution is 5.79. The van der Waals surface area contributed by atoms with Crippen LogP contribution in [0.15, 0.2) is 60.7 Å². The minimum atomic E-state index is -0.660. The van der Waals surface area contributed by atoms with Gasteiger partial charge in [0.05, 0.1) is 11.0 Å². The predicted molar refractivity (Wildman–Crippen MR) is 129 cm³/mol. The van der Waals surface area contributed by atoms with Crippen LogP contribution in [0.4, 0.5) is 0 Å². The van der Waals surface area contributed by atoms with Crippen LogP contribution in [0.2, 0.25) is 0 Å². The first-order chi connectivity index (χ1) is 15.7. The molecular formula is C28H30N2O2. The monoisotopic (exact) mass is 426 g/mol. The van der Waals surface area contributed by atoms with Gasteiger partial charge >= 0.3 is 5.97 Å². The first-order valence-corrected chi connectivity index (χ1v) is 11.8. The molecule has 4 heteroatoms. The number of H-pyrrole nitrogens is 1. The lowest BCUT2D eigenvalue weighted by atomic mass is 9.77. The number of carboxylic acid groups (broad SMARTS) is 1. The van der Waals surface area contributed by atoms with Gasteiger partial charge in [-0.2, -0.15) is 0 Å². The number of hydrogen-bond donors (Lipinski definition) is 2. The van der Waals surface area contributed by atoms with Crippen LogP contribution < -0.4 is 0 Å². The molecular weight excluding hydrogens is 396 g/mol. The van der Waals surface area contributed by atoms with Gasteiger partial charge in [0.25, 0.3) is 0 Å². The van der Waals surface area contributed by atoms with E-state index in [0.717, 1.165) is 61.8 Å². The van der Waals surface area contributed by atoms with Gasteiger partial charge in [-0.3, -0.25) is 4.79 Å². The van der Waals surface area contributed by atoms with E-state index in [2.05, 4.69) is 53.5 Å². The fourth-order valence-electron chi connectivity index (χ4n) is 5.32. The lowest BCUT2D eigenvalue weighted by Gasteiger charge is -2.28. The number of rotatable bonds is 5. The Morgan fingerprint density at radius 3 is 2.41 bits per heavy atom. The van der Waals surface area contributed by atoms with E-state index in [9.17, 15) is 4.79 Å². The number of aliphatic carboxylic acids is 1. The second kappa shape index (κ2) is 9.15. The van der Waals surface area contributed by atoms with Gasteiger partial charge in [0.2, 0.25) is 0 Å². The lowest BCUT2D eigenvalue weighted by molar-refractivity contribution is -0.138. The molecule has 32 heavy (non-hydrogen) atoms. The Labute approximate surface area is 189 Å². The quantitative estimate of drug-likeness (QED) is 0.463. The standard InChI is InChI=1S/C28H30N2O2/c31-27(32)18-19-8-10-21(11-9-19)23-14-12-22(13-15-23)20-4-3-5-24(17-16-20)28-29-25-6-1-2-7-26(25)30-28/h1-2,4-7,12-15,19,21H,3,8-11,16-18H2,(H,29,30)(H,31,32). The Morgan fingerprint density at radius 1 is 0.938 bits per heavy atom. The second-order valence-electron chi connectivity index (χ2n) is 9.23. The van der Waals surface area contributed by atoms with E-state index in [-0.39, 0.29) is 0 Å². The van der Waals surface area contributed by atoms with Crippen molar-refractivity contribution in [1.29, 1.82) is 0 Å². The Morgan fingerprint density at radius 2 is 1.66 bits per heavy atom. The lowest BCUT2D eigenvalue weighted by Crippen LogP contribution is -2.16. The van der Waals surface area contributed by atoms with E-state index in [4.69, 9.17) is 10.1 Å². The number of carboxylic acids is 1. The molecule has 2 N–H and O–H groups in total. The fraction of sp³-hybridized carbons (Fsp3) is 0.357. The van der Waals surface area contributed by atoms with Crippen molar-refractivity contribution >= 4 is 28.1 Å². The SMILES string of the molecule is O=C(O)CC1CCC(c2ccc(C3=CCC=C(c4nc5ccccc5[nH]4)CC3)cc2)CC1. The normalized spacial score (nSPS) is 21.6. The highest BCUT2D eigenvalue weighted by Gasteiger charge is 2.24. The Balaban J connectivity index is 1.21. The van der Waals surface area contributed by atoms with Crippen molar-refractivity contribution in [2.24, 2.45) is 5.92 Å². The maximum atomic E-state index is 11.0. The van der Waals surface area contributed by atoms with E-state index < -0.39 is 5.97 Å². The van der Waals surface area contributed by atoms with E-state index in [0.29, 0.717) is 18.3 Å². The van der Waals surface area contributed by atoms with Gasteiger partial charge in [0, 0.05) is 6.42 Å². The van der Waals surface area contributed by atoms with Crippen molar-refractivity contribution in [3.8, 4) is 0 Å². The maximum absolute atomic E-state index is 11.0. The summed E-state index contributed by atoms with van der Waals surface area (Å²) in [6, 6.07) is 17.3. The molecule has 0 atom stereocenters. The summed E-state index contributed by atoms with van der Waals surface area (Å²) in [6.07, 6.45) is 12.2. The molecule has 1 fully saturated rings. The van der Waals surface area contributed by atoms with Gasteiger partial charge in [0.1, 0.15) is 5.82 Å². The van der Waals surface area contributed by atoms with Crippen molar-refractivity contribution < 1.29 is 9.90 Å². The first kappa shape index (κ1) is 20.7. The summed E-state index contributed by atoms with van der Waals surface area (Å²) in [5.41, 5.74) is 7.53. The number of para-hydroxylation sites is 2. The smallest absolute Gasteiger partial charge is 0.303 e. The summed E-state index contributed by atoms with van der Waals surface area (Å²) >= 11 is 0. The highest BCUT2D eigenvalue weighted by Crippen LogP contribution is 2.38. The number of hydrogen-bond acceptors (Lipinski definition) is 2. The summed E-state index contributed by atoms with van der Waals surface area (Å²) in [6.45, 7) is 0. The molecule has 0 spiro atoms. The third kappa shape index (κ3) is 4.55. The van der Waals surface area contributed by atoms with Crippen molar-refractivity contribution in [1.82, 2.24) is 9.97 Å². The first-order valence-electron chi connectivity index (χ1n) is 11.8. The average molecular weight is 427 g/mol. The largest absolute Gasteiger partial charge is 0.481 e. The third-order valence-electron chi connectivity index (χ3n) is 7.15. The number of nitrogens with zero attached hydrogens (tertiary/aromatic N) is 1. The summed E-state index contributed by atoms with van der Waals surface area (Å²) in [5, 5.41) is 9.02. The van der Waals surface area contributed by atoms with Crippen LogP contribution in [0.3, 0.4) is 0 Å². The number of imidazole rings is 1. The molecule has 1 heterocycles. The molecule has 164 valence electrons. The van der Waals surface area contributed by atoms with Crippen molar-refractivity contribution in [2.75, 3.05) is 0 Å². The number of allylic oxidation sites excluding steroid dienone is 4. The molecule has 2 aliphatic carbocycles. The van der Waals surface area contributed by atoms with E-state index in [1.807, 2.05) is 12.1 Å². The molecule has 2 aromatic carbocycles. The molecule has 4 nitrogen and oxygen atoms in total. The Kier molecular flexibility index (Phi) is 5.93. The van der Waals surface area contributed by atoms with E-state index >= 15 is 0 Å². The molecule has 0 unspecified atom stereocenters. The van der Waals surface area contributed by atoms with Gasteiger partial charge in [-0.1, -0.05) is 48.6 Å². The van der Waals surface area contributed by atoms with Crippen molar-refractivity contribution in [2.45, 2.75) is 57.3 Å². The van der Waals surface area contributed by atoms with Crippen molar-refractivity contribution in [3.05, 3.63) is 77.6 Å². The summed E-state index contributed by atoms with van der Waals surface area (Å²) in [4.78, 5) is 19.2. The van der Waals surface area contributed by atoms with Gasteiger partial charge in [-0.15, -0.1) is 0 Å². The number of fused-ring (bicyclic) bond motifs is 1. The minimum Gasteiger partial charge on any atom is -0.481 e. The van der Waals surface area contributed by atoms with Crippen molar-refractivity contribution in [3.63, 3.8) is 0 Å². The van der Waals surface area contributed by atoms with E-state index in [1.54, 1.807) is 0 Å². The molecule has 0 amide bonds. The molecule has 5 rings (SSSR count). The second-order valence-corrected chi connectivity index (χ2v) is 9.23. The molecule has 2 aliphatic rings. The molecule has 0 aliphatic heterocycles. The van der Waals surface area contributed by atoms with Gasteiger partial charge in [-0.25, -0.2) is 4.98 Å². The zero-order valence-electron chi connectivity index (χ0n) is 18.4. The number of aromatic amines is 1. The molecule has 0 radical (unpaired) electrons. The number of nitrogens with one attached hydrogen (secondary N) is 1. The maximum Gasteiger partial charge on any atom is 0.303 e. The predicted octanol–water partition coefficient (Wildman–Crippen LogP) is 6.96. The van der Waals surface area contributed by atoms with Crippen LogP contribution in [0.5, 0.6) is 0 Å². The number of aromatic nitrogens is 2. The van der Waals surface area contributed by atoms with Crippen LogP contribution >= 0.6 is 0 Å². The zero-order chi connectivity index (χ0) is 21.9. The van der Waals surface area contributed by atoms with Gasteiger partial charge in [-0.05, 0) is 91.2 Å². The molecule has 3 aromatic rings. The summed E-state index contributed by atoms with van der Waals surface area (Å²) < 4.78 is 0. The minimum absolute atomic E-state index is 0.323. The topological polar surface area (TPSA) is 66.0 Å². The zero-order valence-corrected chi connectivity index (χ0v) is 18.4. The molecule has 0 bridgehead atoms. The third-order valence-corrected chi connectivity index (χ3v) is 7.15. The average Bonchev–Trinajstić information content (AvgIpc) is 3.09. The molecule has 1 aromatic heterocycles. The summed E-state index contributed by atoms with van der Waals surface area (Å²) in [5.74, 6) is 1.26. The Hall–Kier alpha value is -3.14. The van der Waals surface area contributed by atoms with Crippen LogP contribution in [-0.4, -0.2) is 21.0 Å². The highest BCUT2D eigenvalue weighted by atomic mass is 16.4. The van der Waals surface area contributed by atoms with Gasteiger partial charge < -0.3 is 10.1 Å². The fourth-order valence-corrected chi connectivity index (χ4v) is 5.32. The molecule has 0 saturated heterocycles. The van der Waals surface area contributed by atoms with Gasteiger partial charge in [0.15, 0.2) is 0 Å². The Bertz CT molecular complexity index is 1130. The van der Waals surface area contributed by atoms with Crippen LogP contribution in [0.25, 0.3) is 22.2 Å². The van der Waals surface area contributed by atoms with Crippen LogP contribution in [0.1, 0.15) is 74.2 Å². The summed E-state index contributed by atoms with van der Waals surface area (Å²) in [7, 11) is 0. The molecule has 1 saturated carbocycles. The number of carbonyl (C=O) groups is 1. The van der Waals surface area contributed by atoms with Crippen LogP contribution in [-0.2, 0) is 4.79 Å². The van der Waals surface area contributed by atoms with E-state index in [1.165, 1.54) is 22.3 Å².